The Hall–Kier alpha value is -2.96. The van der Waals surface area contributed by atoms with Gasteiger partial charge in [0, 0.05) is 43.5 Å². The van der Waals surface area contributed by atoms with Crippen LogP contribution in [0.4, 0.5) is 11.5 Å². The number of anilines is 2. The normalized spacial score (nSPS) is 19.8. The molecule has 1 aromatic carbocycles. The second-order valence-electron chi connectivity index (χ2n) is 9.94. The fraction of sp³-hybridized carbons (Fsp3) is 0.520. The van der Waals surface area contributed by atoms with Crippen molar-refractivity contribution in [2.24, 2.45) is 11.3 Å². The van der Waals surface area contributed by atoms with Crippen molar-refractivity contribution >= 4 is 23.3 Å². The maximum absolute atomic E-state index is 12.7. The Morgan fingerprint density at radius 2 is 1.72 bits per heavy atom. The fourth-order valence-electron chi connectivity index (χ4n) is 4.62. The third kappa shape index (κ3) is 5.09. The van der Waals surface area contributed by atoms with Crippen LogP contribution >= 0.6 is 0 Å². The Kier molecular flexibility index (Phi) is 6.44. The van der Waals surface area contributed by atoms with Gasteiger partial charge in [-0.3, -0.25) is 9.59 Å². The van der Waals surface area contributed by atoms with Gasteiger partial charge in [0.2, 0.25) is 11.8 Å². The van der Waals surface area contributed by atoms with Crippen molar-refractivity contribution in [1.29, 1.82) is 0 Å². The second kappa shape index (κ2) is 9.27. The summed E-state index contributed by atoms with van der Waals surface area (Å²) >= 11 is 0. The van der Waals surface area contributed by atoms with Crippen LogP contribution in [0.25, 0.3) is 0 Å². The molecule has 2 amide bonds. The number of nitrogens with one attached hydrogen (secondary N) is 1. The number of hydrogen-bond donors (Lipinski definition) is 1. The van der Waals surface area contributed by atoms with Gasteiger partial charge in [0.25, 0.3) is 0 Å². The van der Waals surface area contributed by atoms with Crippen LogP contribution in [0, 0.1) is 11.3 Å². The zero-order chi connectivity index (χ0) is 22.7. The van der Waals surface area contributed by atoms with Gasteiger partial charge < -0.3 is 15.1 Å². The molecular weight excluding hydrogens is 402 g/mol. The first-order valence-electron chi connectivity index (χ1n) is 11.5. The maximum Gasteiger partial charge on any atom is 0.229 e. The van der Waals surface area contributed by atoms with Crippen molar-refractivity contribution in [3.8, 4) is 0 Å². The van der Waals surface area contributed by atoms with Gasteiger partial charge in [-0.15, -0.1) is 5.10 Å². The van der Waals surface area contributed by atoms with E-state index in [2.05, 4.69) is 32.5 Å². The highest BCUT2D eigenvalue weighted by Crippen LogP contribution is 2.31. The molecule has 0 spiro atoms. The Bertz CT molecular complexity index is 931. The molecule has 2 aromatic rings. The molecule has 170 valence electrons. The second-order valence-corrected chi connectivity index (χ2v) is 9.94. The summed E-state index contributed by atoms with van der Waals surface area (Å²) in [5, 5.41) is 11.1. The Morgan fingerprint density at radius 3 is 2.34 bits per heavy atom. The van der Waals surface area contributed by atoms with E-state index in [0.29, 0.717) is 12.5 Å². The van der Waals surface area contributed by atoms with Crippen LogP contribution in [-0.4, -0.2) is 53.1 Å². The molecule has 0 radical (unpaired) electrons. The number of hydrogen-bond acceptors (Lipinski definition) is 5. The molecule has 2 aliphatic rings. The van der Waals surface area contributed by atoms with E-state index in [0.717, 1.165) is 50.4 Å². The Morgan fingerprint density at radius 1 is 1.00 bits per heavy atom. The first kappa shape index (κ1) is 22.2. The predicted octanol–water partition coefficient (Wildman–Crippen LogP) is 3.69. The number of amides is 2. The minimum atomic E-state index is -0.322. The summed E-state index contributed by atoms with van der Waals surface area (Å²) in [4.78, 5) is 29.3. The van der Waals surface area contributed by atoms with E-state index in [1.54, 1.807) is 6.20 Å². The fourth-order valence-corrected chi connectivity index (χ4v) is 4.62. The first-order valence-corrected chi connectivity index (χ1v) is 11.5. The SMILES string of the molecule is CC(C)(C)C(=O)N1CCC(c2ccc(NC(=O)[C@@H]3CCN(c4cccnn4)C3)cc2)CC1. The third-order valence-electron chi connectivity index (χ3n) is 6.51. The molecule has 4 rings (SSSR count). The maximum atomic E-state index is 12.7. The largest absolute Gasteiger partial charge is 0.354 e. The van der Waals surface area contributed by atoms with Crippen molar-refractivity contribution in [2.75, 3.05) is 36.4 Å². The van der Waals surface area contributed by atoms with Gasteiger partial charge in [-0.1, -0.05) is 32.9 Å². The lowest BCUT2D eigenvalue weighted by atomic mass is 9.87. The molecule has 3 heterocycles. The van der Waals surface area contributed by atoms with Crippen LogP contribution in [0.1, 0.15) is 51.5 Å². The van der Waals surface area contributed by atoms with E-state index in [4.69, 9.17) is 0 Å². The summed E-state index contributed by atoms with van der Waals surface area (Å²) in [6.45, 7) is 9.03. The molecule has 1 N–H and O–H groups in total. The number of likely N-dealkylation sites (tertiary alicyclic amines) is 1. The minimum Gasteiger partial charge on any atom is -0.354 e. The monoisotopic (exact) mass is 435 g/mol. The lowest BCUT2D eigenvalue weighted by Crippen LogP contribution is -2.43. The molecule has 0 saturated carbocycles. The smallest absolute Gasteiger partial charge is 0.229 e. The van der Waals surface area contributed by atoms with E-state index < -0.39 is 0 Å². The Balaban J connectivity index is 1.28. The van der Waals surface area contributed by atoms with Gasteiger partial charge in [-0.05, 0) is 55.0 Å². The highest BCUT2D eigenvalue weighted by atomic mass is 16.2. The lowest BCUT2D eigenvalue weighted by molar-refractivity contribution is -0.140. The number of aromatic nitrogens is 2. The van der Waals surface area contributed by atoms with Crippen molar-refractivity contribution in [1.82, 2.24) is 15.1 Å². The van der Waals surface area contributed by atoms with Gasteiger partial charge in [0.1, 0.15) is 0 Å². The standard InChI is InChI=1S/C25H33N5O2/c1-25(2,3)24(32)29-14-10-19(11-15-29)18-6-8-21(9-7-18)27-23(31)20-12-16-30(17-20)22-5-4-13-26-28-22/h4-9,13,19-20H,10-12,14-17H2,1-3H3,(H,27,31)/t20-/m1/s1. The van der Waals surface area contributed by atoms with Crippen molar-refractivity contribution < 1.29 is 9.59 Å². The Labute approximate surface area is 190 Å². The average Bonchev–Trinajstić information content (AvgIpc) is 3.30. The van der Waals surface area contributed by atoms with Crippen LogP contribution in [0.2, 0.25) is 0 Å². The molecule has 7 nitrogen and oxygen atoms in total. The van der Waals surface area contributed by atoms with Gasteiger partial charge in [0.15, 0.2) is 5.82 Å². The number of rotatable bonds is 4. The van der Waals surface area contributed by atoms with Crippen LogP contribution in [0.3, 0.4) is 0 Å². The van der Waals surface area contributed by atoms with Gasteiger partial charge in [-0.2, -0.15) is 5.10 Å². The molecule has 1 atom stereocenters. The highest BCUT2D eigenvalue weighted by molar-refractivity contribution is 5.93. The molecule has 1 aromatic heterocycles. The molecule has 7 heteroatoms. The van der Waals surface area contributed by atoms with E-state index in [1.807, 2.05) is 49.9 Å². The van der Waals surface area contributed by atoms with Crippen LogP contribution in [0.15, 0.2) is 42.6 Å². The van der Waals surface area contributed by atoms with Gasteiger partial charge >= 0.3 is 0 Å². The highest BCUT2D eigenvalue weighted by Gasteiger charge is 2.31. The first-order chi connectivity index (χ1) is 15.3. The minimum absolute atomic E-state index is 0.0538. The van der Waals surface area contributed by atoms with Gasteiger partial charge in [-0.25, -0.2) is 0 Å². The number of piperidine rings is 1. The third-order valence-corrected chi connectivity index (χ3v) is 6.51. The van der Waals surface area contributed by atoms with Crippen molar-refractivity contribution in [3.63, 3.8) is 0 Å². The molecule has 0 unspecified atom stereocenters. The summed E-state index contributed by atoms with van der Waals surface area (Å²) in [6.07, 6.45) is 4.43. The summed E-state index contributed by atoms with van der Waals surface area (Å²) in [6, 6.07) is 12.0. The summed E-state index contributed by atoms with van der Waals surface area (Å²) < 4.78 is 0. The average molecular weight is 436 g/mol. The van der Waals surface area contributed by atoms with E-state index in [9.17, 15) is 9.59 Å². The number of carbonyl (C=O) groups is 2. The zero-order valence-corrected chi connectivity index (χ0v) is 19.3. The van der Waals surface area contributed by atoms with Crippen molar-refractivity contribution in [3.05, 3.63) is 48.2 Å². The molecule has 2 aliphatic heterocycles. The molecule has 0 aliphatic carbocycles. The van der Waals surface area contributed by atoms with E-state index in [1.165, 1.54) is 5.56 Å². The number of carbonyl (C=O) groups excluding carboxylic acids is 2. The molecule has 2 saturated heterocycles. The van der Waals surface area contributed by atoms with Gasteiger partial charge in [0.05, 0.1) is 5.92 Å². The molecule has 32 heavy (non-hydrogen) atoms. The quantitative estimate of drug-likeness (QED) is 0.792. The topological polar surface area (TPSA) is 78.4 Å². The molecule has 0 bridgehead atoms. The van der Waals surface area contributed by atoms with Crippen LogP contribution in [0.5, 0.6) is 0 Å². The summed E-state index contributed by atoms with van der Waals surface area (Å²) in [7, 11) is 0. The van der Waals surface area contributed by atoms with E-state index >= 15 is 0 Å². The molecular formula is C25H33N5O2. The van der Waals surface area contributed by atoms with E-state index in [-0.39, 0.29) is 23.1 Å². The predicted molar refractivity (Wildman–Crippen MR) is 125 cm³/mol. The number of benzene rings is 1. The summed E-state index contributed by atoms with van der Waals surface area (Å²) in [5.74, 6) is 1.51. The lowest BCUT2D eigenvalue weighted by Gasteiger charge is -2.36. The van der Waals surface area contributed by atoms with Crippen LogP contribution in [-0.2, 0) is 9.59 Å². The summed E-state index contributed by atoms with van der Waals surface area (Å²) in [5.41, 5.74) is 1.79. The molecule has 2 fully saturated rings. The number of nitrogens with zero attached hydrogens (tertiary/aromatic N) is 4. The zero-order valence-electron chi connectivity index (χ0n) is 19.3. The van der Waals surface area contributed by atoms with Crippen LogP contribution < -0.4 is 10.2 Å². The van der Waals surface area contributed by atoms with Crippen molar-refractivity contribution in [2.45, 2.75) is 46.0 Å².